The summed E-state index contributed by atoms with van der Waals surface area (Å²) in [5, 5.41) is 2.85. The molecule has 0 unspecified atom stereocenters. The predicted molar refractivity (Wildman–Crippen MR) is 73.4 cm³/mol. The van der Waals surface area contributed by atoms with Gasteiger partial charge in [-0.2, -0.15) is 13.2 Å². The van der Waals surface area contributed by atoms with Gasteiger partial charge in [-0.05, 0) is 17.2 Å². The van der Waals surface area contributed by atoms with Gasteiger partial charge in [0.05, 0.1) is 10.6 Å². The third-order valence-electron chi connectivity index (χ3n) is 2.87. The Morgan fingerprint density at radius 3 is 2.25 bits per heavy atom. The van der Waals surface area contributed by atoms with Crippen LogP contribution in [-0.2, 0) is 19.3 Å². The van der Waals surface area contributed by atoms with Gasteiger partial charge >= 0.3 is 6.18 Å². The van der Waals surface area contributed by atoms with Gasteiger partial charge in [-0.25, -0.2) is 0 Å². The zero-order chi connectivity index (χ0) is 14.6. The highest BCUT2D eigenvalue weighted by Crippen LogP contribution is 2.36. The van der Waals surface area contributed by atoms with E-state index in [0.29, 0.717) is 12.1 Å². The molecule has 0 aliphatic heterocycles. The van der Waals surface area contributed by atoms with E-state index in [2.05, 4.69) is 5.32 Å². The fraction of sp³-hybridized carbons (Fsp3) is 0.200. The van der Waals surface area contributed by atoms with E-state index in [0.717, 1.165) is 11.6 Å². The molecule has 2 rings (SSSR count). The zero-order valence-corrected chi connectivity index (χ0v) is 11.3. The van der Waals surface area contributed by atoms with Gasteiger partial charge < -0.3 is 5.32 Å². The Morgan fingerprint density at radius 1 is 0.900 bits per heavy atom. The topological polar surface area (TPSA) is 12.0 Å². The van der Waals surface area contributed by atoms with E-state index in [1.807, 2.05) is 30.3 Å². The van der Waals surface area contributed by atoms with Crippen molar-refractivity contribution in [2.75, 3.05) is 0 Å². The highest BCUT2D eigenvalue weighted by atomic mass is 35.5. The average molecular weight is 300 g/mol. The second kappa shape index (κ2) is 6.29. The lowest BCUT2D eigenvalue weighted by molar-refractivity contribution is -0.137. The highest BCUT2D eigenvalue weighted by molar-refractivity contribution is 6.32. The van der Waals surface area contributed by atoms with E-state index in [4.69, 9.17) is 11.6 Å². The summed E-state index contributed by atoms with van der Waals surface area (Å²) in [7, 11) is 0. The fourth-order valence-corrected chi connectivity index (χ4v) is 2.17. The standard InChI is InChI=1S/C15H13ClF3N/c16-14-12(7-4-8-13(14)15(17,18)19)10-20-9-11-5-2-1-3-6-11/h1-8,20H,9-10H2. The third kappa shape index (κ3) is 3.74. The first-order chi connectivity index (χ1) is 9.48. The molecule has 5 heteroatoms. The van der Waals surface area contributed by atoms with E-state index in [1.165, 1.54) is 6.07 Å². The van der Waals surface area contributed by atoms with Crippen molar-refractivity contribution >= 4 is 11.6 Å². The lowest BCUT2D eigenvalue weighted by Crippen LogP contribution is -2.14. The number of halogens is 4. The normalized spacial score (nSPS) is 11.6. The van der Waals surface area contributed by atoms with Crippen molar-refractivity contribution in [3.63, 3.8) is 0 Å². The van der Waals surface area contributed by atoms with Gasteiger partial charge in [0.1, 0.15) is 0 Å². The summed E-state index contributed by atoms with van der Waals surface area (Å²) in [6.07, 6.45) is -4.42. The SMILES string of the molecule is FC(F)(F)c1cccc(CNCc2ccccc2)c1Cl. The monoisotopic (exact) mass is 299 g/mol. The van der Waals surface area contributed by atoms with E-state index >= 15 is 0 Å². The molecule has 0 fully saturated rings. The molecular formula is C15H13ClF3N. The Labute approximate surface area is 120 Å². The molecule has 0 amide bonds. The molecule has 0 aliphatic rings. The fourth-order valence-electron chi connectivity index (χ4n) is 1.87. The summed E-state index contributed by atoms with van der Waals surface area (Å²) in [6, 6.07) is 13.6. The Morgan fingerprint density at radius 2 is 1.60 bits per heavy atom. The van der Waals surface area contributed by atoms with E-state index in [1.54, 1.807) is 6.07 Å². The van der Waals surface area contributed by atoms with Gasteiger partial charge in [0.25, 0.3) is 0 Å². The molecule has 1 nitrogen and oxygen atoms in total. The van der Waals surface area contributed by atoms with Gasteiger partial charge in [0, 0.05) is 13.1 Å². The zero-order valence-electron chi connectivity index (χ0n) is 10.5. The van der Waals surface area contributed by atoms with Crippen molar-refractivity contribution in [2.24, 2.45) is 0 Å². The van der Waals surface area contributed by atoms with Crippen molar-refractivity contribution in [2.45, 2.75) is 19.3 Å². The predicted octanol–water partition coefficient (Wildman–Crippen LogP) is 4.65. The largest absolute Gasteiger partial charge is 0.417 e. The molecule has 0 heterocycles. The summed E-state index contributed by atoms with van der Waals surface area (Å²) in [6.45, 7) is 0.866. The van der Waals surface area contributed by atoms with Crippen LogP contribution in [0, 0.1) is 0 Å². The second-order valence-corrected chi connectivity index (χ2v) is 4.74. The van der Waals surface area contributed by atoms with Crippen molar-refractivity contribution in [3.05, 3.63) is 70.2 Å². The smallest absolute Gasteiger partial charge is 0.309 e. The summed E-state index contributed by atoms with van der Waals surface area (Å²) in [4.78, 5) is 0. The van der Waals surface area contributed by atoms with Crippen LogP contribution in [0.3, 0.4) is 0 Å². The maximum atomic E-state index is 12.7. The number of rotatable bonds is 4. The van der Waals surface area contributed by atoms with Crippen LogP contribution in [0.4, 0.5) is 13.2 Å². The van der Waals surface area contributed by atoms with E-state index < -0.39 is 11.7 Å². The van der Waals surface area contributed by atoms with Crippen LogP contribution in [0.15, 0.2) is 48.5 Å². The lowest BCUT2D eigenvalue weighted by Gasteiger charge is -2.13. The molecule has 106 valence electrons. The van der Waals surface area contributed by atoms with Crippen LogP contribution < -0.4 is 5.32 Å². The molecule has 0 aliphatic carbocycles. The molecule has 0 aromatic heterocycles. The van der Waals surface area contributed by atoms with Crippen LogP contribution >= 0.6 is 11.6 Å². The number of alkyl halides is 3. The van der Waals surface area contributed by atoms with Crippen LogP contribution in [-0.4, -0.2) is 0 Å². The third-order valence-corrected chi connectivity index (χ3v) is 3.32. The molecule has 20 heavy (non-hydrogen) atoms. The number of benzene rings is 2. The number of hydrogen-bond acceptors (Lipinski definition) is 1. The molecule has 1 N–H and O–H groups in total. The minimum Gasteiger partial charge on any atom is -0.309 e. The summed E-state index contributed by atoms with van der Waals surface area (Å²) in [5.41, 5.74) is 0.714. The summed E-state index contributed by atoms with van der Waals surface area (Å²) >= 11 is 5.82. The molecule has 0 saturated carbocycles. The molecule has 2 aromatic carbocycles. The Balaban J connectivity index is 2.04. The van der Waals surface area contributed by atoms with Crippen LogP contribution in [0.2, 0.25) is 5.02 Å². The van der Waals surface area contributed by atoms with Gasteiger partial charge in [-0.3, -0.25) is 0 Å². The Bertz CT molecular complexity index is 567. The summed E-state index contributed by atoms with van der Waals surface area (Å²) in [5.74, 6) is 0. The molecule has 0 spiro atoms. The van der Waals surface area contributed by atoms with Gasteiger partial charge in [-0.1, -0.05) is 54.1 Å². The maximum absolute atomic E-state index is 12.7. The molecule has 2 aromatic rings. The van der Waals surface area contributed by atoms with Crippen molar-refractivity contribution < 1.29 is 13.2 Å². The van der Waals surface area contributed by atoms with Crippen molar-refractivity contribution in [1.82, 2.24) is 5.32 Å². The lowest BCUT2D eigenvalue weighted by atomic mass is 10.1. The molecular weight excluding hydrogens is 287 g/mol. The minimum absolute atomic E-state index is 0.236. The molecule has 0 radical (unpaired) electrons. The first kappa shape index (κ1) is 14.9. The number of hydrogen-bond donors (Lipinski definition) is 1. The summed E-state index contributed by atoms with van der Waals surface area (Å²) < 4.78 is 38.1. The van der Waals surface area contributed by atoms with Crippen molar-refractivity contribution in [1.29, 1.82) is 0 Å². The van der Waals surface area contributed by atoms with Crippen molar-refractivity contribution in [3.8, 4) is 0 Å². The highest BCUT2D eigenvalue weighted by Gasteiger charge is 2.33. The quantitative estimate of drug-likeness (QED) is 0.866. The first-order valence-corrected chi connectivity index (χ1v) is 6.45. The van der Waals surface area contributed by atoms with Gasteiger partial charge in [0.15, 0.2) is 0 Å². The van der Waals surface area contributed by atoms with E-state index in [-0.39, 0.29) is 11.6 Å². The first-order valence-electron chi connectivity index (χ1n) is 6.07. The van der Waals surface area contributed by atoms with Crippen LogP contribution in [0.5, 0.6) is 0 Å². The average Bonchev–Trinajstić information content (AvgIpc) is 2.40. The van der Waals surface area contributed by atoms with Gasteiger partial charge in [0.2, 0.25) is 0 Å². The Hall–Kier alpha value is -1.52. The molecule has 0 bridgehead atoms. The second-order valence-electron chi connectivity index (χ2n) is 4.37. The number of nitrogens with one attached hydrogen (secondary N) is 1. The van der Waals surface area contributed by atoms with Crippen LogP contribution in [0.1, 0.15) is 16.7 Å². The maximum Gasteiger partial charge on any atom is 0.417 e. The molecule has 0 saturated heterocycles. The minimum atomic E-state index is -4.42. The van der Waals surface area contributed by atoms with Crippen LogP contribution in [0.25, 0.3) is 0 Å². The van der Waals surface area contributed by atoms with E-state index in [9.17, 15) is 13.2 Å². The Kier molecular flexibility index (Phi) is 4.68. The van der Waals surface area contributed by atoms with Gasteiger partial charge in [-0.15, -0.1) is 0 Å². The molecule has 0 atom stereocenters.